The molecule has 45 heavy (non-hydrogen) atoms. The molecule has 1 fully saturated rings. The lowest BCUT2D eigenvalue weighted by Crippen LogP contribution is -2.59. The van der Waals surface area contributed by atoms with E-state index in [2.05, 4.69) is 34.5 Å². The summed E-state index contributed by atoms with van der Waals surface area (Å²) in [6.07, 6.45) is 3.72. The zero-order valence-electron chi connectivity index (χ0n) is 26.8. The summed E-state index contributed by atoms with van der Waals surface area (Å²) in [5, 5.41) is 13.5. The van der Waals surface area contributed by atoms with Crippen LogP contribution in [0.1, 0.15) is 75.1 Å². The predicted molar refractivity (Wildman–Crippen MR) is 174 cm³/mol. The first-order valence-electron chi connectivity index (χ1n) is 16.1. The summed E-state index contributed by atoms with van der Waals surface area (Å²) in [5.74, 6) is -2.20. The van der Waals surface area contributed by atoms with Gasteiger partial charge in [0, 0.05) is 32.5 Å². The lowest BCUT2D eigenvalue weighted by molar-refractivity contribution is -0.163. The van der Waals surface area contributed by atoms with E-state index in [1.807, 2.05) is 81.4 Å². The van der Waals surface area contributed by atoms with Crippen molar-refractivity contribution in [3.05, 3.63) is 107 Å². The number of benzene rings is 3. The molecule has 2 N–H and O–H groups in total. The third kappa shape index (κ3) is 8.01. The summed E-state index contributed by atoms with van der Waals surface area (Å²) in [6.45, 7) is 7.26. The Morgan fingerprint density at radius 3 is 1.78 bits per heavy atom. The Kier molecular flexibility index (Phi) is 9.78. The van der Waals surface area contributed by atoms with Gasteiger partial charge in [-0.2, -0.15) is 0 Å². The van der Waals surface area contributed by atoms with E-state index in [0.717, 1.165) is 35.1 Å². The van der Waals surface area contributed by atoms with Crippen LogP contribution in [0.3, 0.4) is 0 Å². The van der Waals surface area contributed by atoms with Crippen LogP contribution in [-0.4, -0.2) is 45.5 Å². The molecule has 0 aliphatic heterocycles. The van der Waals surface area contributed by atoms with E-state index in [0.29, 0.717) is 38.9 Å². The molecule has 3 aromatic rings. The Bertz CT molecular complexity index is 1410. The van der Waals surface area contributed by atoms with Gasteiger partial charge in [0.15, 0.2) is 0 Å². The molecule has 0 saturated heterocycles. The van der Waals surface area contributed by atoms with Gasteiger partial charge in [-0.05, 0) is 62.3 Å². The molecule has 1 saturated carbocycles. The zero-order chi connectivity index (χ0) is 32.1. The highest BCUT2D eigenvalue weighted by molar-refractivity contribution is 5.92. The number of ether oxygens (including phenoxy) is 1. The van der Waals surface area contributed by atoms with Gasteiger partial charge in [0.1, 0.15) is 11.1 Å². The fourth-order valence-corrected chi connectivity index (χ4v) is 7.09. The minimum Gasteiger partial charge on any atom is -0.479 e. The molecule has 0 heterocycles. The maximum absolute atomic E-state index is 14.4. The van der Waals surface area contributed by atoms with Gasteiger partial charge in [-0.15, -0.1) is 0 Å². The van der Waals surface area contributed by atoms with Gasteiger partial charge in [0.05, 0.1) is 11.3 Å². The third-order valence-electron chi connectivity index (χ3n) is 9.26. The van der Waals surface area contributed by atoms with Crippen molar-refractivity contribution >= 4 is 17.8 Å². The van der Waals surface area contributed by atoms with Crippen LogP contribution < -0.4 is 5.32 Å². The number of carbonyl (C=O) groups excluding carboxylic acids is 2. The normalized spacial score (nSPS) is 17.4. The molecular weight excluding hydrogens is 564 g/mol. The molecular formula is C38H46N2O5. The first-order valence-corrected chi connectivity index (χ1v) is 16.1. The van der Waals surface area contributed by atoms with Crippen molar-refractivity contribution in [2.75, 3.05) is 6.54 Å². The van der Waals surface area contributed by atoms with Crippen molar-refractivity contribution in [1.82, 2.24) is 10.2 Å². The van der Waals surface area contributed by atoms with Crippen molar-refractivity contribution < 1.29 is 24.2 Å². The fourth-order valence-electron chi connectivity index (χ4n) is 7.09. The topological polar surface area (TPSA) is 95.9 Å². The van der Waals surface area contributed by atoms with Gasteiger partial charge < -0.3 is 15.2 Å². The second-order valence-electron chi connectivity index (χ2n) is 14.0. The van der Waals surface area contributed by atoms with Gasteiger partial charge in [-0.25, -0.2) is 4.79 Å². The van der Waals surface area contributed by atoms with Gasteiger partial charge in [0.25, 0.3) is 0 Å². The summed E-state index contributed by atoms with van der Waals surface area (Å²) in [4.78, 5) is 43.3. The van der Waals surface area contributed by atoms with Crippen LogP contribution in [0, 0.1) is 11.3 Å². The van der Waals surface area contributed by atoms with Crippen LogP contribution in [-0.2, 0) is 45.1 Å². The highest BCUT2D eigenvalue weighted by Crippen LogP contribution is 2.45. The van der Waals surface area contributed by atoms with Crippen LogP contribution in [0.25, 0.3) is 0 Å². The van der Waals surface area contributed by atoms with E-state index in [1.54, 1.807) is 0 Å². The lowest BCUT2D eigenvalue weighted by Gasteiger charge is -2.37. The number of carboxylic acid groups (broad SMARTS) is 1. The lowest BCUT2D eigenvalue weighted by atomic mass is 9.75. The summed E-state index contributed by atoms with van der Waals surface area (Å²) in [5.41, 5.74) is 1.22. The Hall–Kier alpha value is -3.97. The minimum absolute atomic E-state index is 0.248. The standard InChI is InChI=1S/C38H46N2O5/c1-36(2,3)45-33(41)32(27-40(25-28-14-6-4-7-15-28)26-29-16-8-5-9-17-29)22-37(20-12-13-21-37)34(42)39-38(35(43)44)23-30-18-10-11-19-31(30)24-38/h4-11,14-19,32H,12-13,20-27H2,1-3H3,(H,39,42)(H,43,44)/t32-/m0/s1. The molecule has 238 valence electrons. The van der Waals surface area contributed by atoms with Gasteiger partial charge >= 0.3 is 11.9 Å². The van der Waals surface area contributed by atoms with E-state index in [1.165, 1.54) is 0 Å². The summed E-state index contributed by atoms with van der Waals surface area (Å²) >= 11 is 0. The number of carboxylic acids is 1. The van der Waals surface area contributed by atoms with Crippen LogP contribution >= 0.6 is 0 Å². The smallest absolute Gasteiger partial charge is 0.330 e. The van der Waals surface area contributed by atoms with Crippen LogP contribution in [0.4, 0.5) is 0 Å². The monoisotopic (exact) mass is 610 g/mol. The number of aliphatic carboxylic acids is 1. The summed E-state index contributed by atoms with van der Waals surface area (Å²) in [7, 11) is 0. The number of rotatable bonds is 12. The number of carbonyl (C=O) groups is 3. The van der Waals surface area contributed by atoms with Gasteiger partial charge in [-0.1, -0.05) is 97.8 Å². The van der Waals surface area contributed by atoms with E-state index >= 15 is 0 Å². The molecule has 0 spiro atoms. The molecule has 2 aliphatic carbocycles. The number of esters is 1. The molecule has 0 unspecified atom stereocenters. The maximum atomic E-state index is 14.4. The summed E-state index contributed by atoms with van der Waals surface area (Å²) < 4.78 is 5.98. The molecule has 0 radical (unpaired) electrons. The second kappa shape index (κ2) is 13.6. The van der Waals surface area contributed by atoms with E-state index < -0.39 is 28.4 Å². The predicted octanol–water partition coefficient (Wildman–Crippen LogP) is 6.34. The molecule has 0 aromatic heterocycles. The molecule has 5 rings (SSSR count). The average Bonchev–Trinajstić information content (AvgIpc) is 3.63. The molecule has 0 bridgehead atoms. The SMILES string of the molecule is CC(C)(C)OC(=O)[C@H](CN(Cc1ccccc1)Cc1ccccc1)CC1(C(=O)NC2(C(=O)O)Cc3ccccc3C2)CCCC1. The number of fused-ring (bicyclic) bond motifs is 1. The first kappa shape index (κ1) is 32.4. The number of hydrogen-bond donors (Lipinski definition) is 2. The second-order valence-corrected chi connectivity index (χ2v) is 14.0. The number of hydrogen-bond acceptors (Lipinski definition) is 5. The molecule has 1 atom stereocenters. The van der Waals surface area contributed by atoms with Crippen molar-refractivity contribution in [2.45, 2.75) is 89.9 Å². The average molecular weight is 611 g/mol. The number of amides is 1. The molecule has 3 aromatic carbocycles. The first-order chi connectivity index (χ1) is 21.5. The number of nitrogens with one attached hydrogen (secondary N) is 1. The highest BCUT2D eigenvalue weighted by atomic mass is 16.6. The Labute approximate surface area is 267 Å². The van der Waals surface area contributed by atoms with Crippen molar-refractivity contribution in [1.29, 1.82) is 0 Å². The Balaban J connectivity index is 1.43. The minimum atomic E-state index is -1.40. The third-order valence-corrected chi connectivity index (χ3v) is 9.26. The van der Waals surface area contributed by atoms with E-state index in [4.69, 9.17) is 4.74 Å². The zero-order valence-corrected chi connectivity index (χ0v) is 26.8. The van der Waals surface area contributed by atoms with Crippen molar-refractivity contribution in [3.8, 4) is 0 Å². The number of nitrogens with zero attached hydrogens (tertiary/aromatic N) is 1. The quantitative estimate of drug-likeness (QED) is 0.233. The van der Waals surface area contributed by atoms with Gasteiger partial charge in [-0.3, -0.25) is 14.5 Å². The fraction of sp³-hybridized carbons (Fsp3) is 0.447. The molecule has 7 nitrogen and oxygen atoms in total. The van der Waals surface area contributed by atoms with Crippen molar-refractivity contribution in [3.63, 3.8) is 0 Å². The van der Waals surface area contributed by atoms with Crippen molar-refractivity contribution in [2.24, 2.45) is 11.3 Å². The van der Waals surface area contributed by atoms with Gasteiger partial charge in [0.2, 0.25) is 5.91 Å². The van der Waals surface area contributed by atoms with E-state index in [9.17, 15) is 19.5 Å². The van der Waals surface area contributed by atoms with Crippen LogP contribution in [0.2, 0.25) is 0 Å². The van der Waals surface area contributed by atoms with Crippen LogP contribution in [0.15, 0.2) is 84.9 Å². The largest absolute Gasteiger partial charge is 0.479 e. The Morgan fingerprint density at radius 1 is 0.822 bits per heavy atom. The molecule has 1 amide bonds. The Morgan fingerprint density at radius 2 is 1.31 bits per heavy atom. The van der Waals surface area contributed by atoms with Crippen LogP contribution in [0.5, 0.6) is 0 Å². The molecule has 7 heteroatoms. The molecule has 2 aliphatic rings. The maximum Gasteiger partial charge on any atom is 0.330 e. The van der Waals surface area contributed by atoms with E-state index in [-0.39, 0.29) is 24.7 Å². The highest BCUT2D eigenvalue weighted by Gasteiger charge is 2.51. The summed E-state index contributed by atoms with van der Waals surface area (Å²) in [6, 6.07) is 28.0.